The van der Waals surface area contributed by atoms with Crippen molar-refractivity contribution in [3.63, 3.8) is 0 Å². The SMILES string of the molecule is CCc1ccc(OCC(O)CN2C(=O)NC(C)(c3ccco3)C2=O)cc1. The second-order valence-corrected chi connectivity index (χ2v) is 6.41. The standard InChI is InChI=1S/C19H22N2O5/c1-3-13-6-8-15(9-7-13)26-12-14(22)11-21-17(23)19(2,20-18(21)24)16-5-4-10-25-16/h4-10,14,22H,3,11-12H2,1-2H3,(H,20,24). The van der Waals surface area contributed by atoms with Crippen LogP contribution in [0.3, 0.4) is 0 Å². The Labute approximate surface area is 151 Å². The van der Waals surface area contributed by atoms with Crippen LogP contribution in [0.4, 0.5) is 4.79 Å². The summed E-state index contributed by atoms with van der Waals surface area (Å²) in [5.41, 5.74) is -0.0774. The lowest BCUT2D eigenvalue weighted by molar-refractivity contribution is -0.132. The highest BCUT2D eigenvalue weighted by atomic mass is 16.5. The van der Waals surface area contributed by atoms with Crippen LogP contribution in [-0.4, -0.2) is 41.2 Å². The van der Waals surface area contributed by atoms with Crippen molar-refractivity contribution in [1.82, 2.24) is 10.2 Å². The molecule has 0 bridgehead atoms. The molecule has 0 aliphatic carbocycles. The molecule has 1 aromatic carbocycles. The molecule has 3 rings (SSSR count). The van der Waals surface area contributed by atoms with Gasteiger partial charge in [-0.3, -0.25) is 9.69 Å². The van der Waals surface area contributed by atoms with Gasteiger partial charge in [-0.25, -0.2) is 4.79 Å². The number of carbonyl (C=O) groups excluding carboxylic acids is 2. The van der Waals surface area contributed by atoms with Gasteiger partial charge >= 0.3 is 6.03 Å². The van der Waals surface area contributed by atoms with E-state index in [1.165, 1.54) is 11.8 Å². The predicted octanol–water partition coefficient (Wildman–Crippen LogP) is 2.05. The number of aliphatic hydroxyl groups is 1. The summed E-state index contributed by atoms with van der Waals surface area (Å²) in [6, 6.07) is 10.3. The van der Waals surface area contributed by atoms with Crippen LogP contribution in [-0.2, 0) is 16.8 Å². The summed E-state index contributed by atoms with van der Waals surface area (Å²) < 4.78 is 10.8. The Morgan fingerprint density at radius 2 is 2.00 bits per heavy atom. The molecule has 26 heavy (non-hydrogen) atoms. The van der Waals surface area contributed by atoms with E-state index in [2.05, 4.69) is 12.2 Å². The average Bonchev–Trinajstić information content (AvgIpc) is 3.25. The van der Waals surface area contributed by atoms with Crippen LogP contribution in [0.15, 0.2) is 47.1 Å². The average molecular weight is 358 g/mol. The number of furan rings is 1. The quantitative estimate of drug-likeness (QED) is 0.739. The molecule has 1 aliphatic rings. The Balaban J connectivity index is 1.59. The zero-order valence-electron chi connectivity index (χ0n) is 14.8. The number of aliphatic hydroxyl groups excluding tert-OH is 1. The van der Waals surface area contributed by atoms with E-state index in [0.717, 1.165) is 11.3 Å². The van der Waals surface area contributed by atoms with Gasteiger partial charge in [0.15, 0.2) is 5.54 Å². The fraction of sp³-hybridized carbons (Fsp3) is 0.368. The molecular weight excluding hydrogens is 336 g/mol. The fourth-order valence-electron chi connectivity index (χ4n) is 2.87. The second-order valence-electron chi connectivity index (χ2n) is 6.41. The van der Waals surface area contributed by atoms with Crippen molar-refractivity contribution in [1.29, 1.82) is 0 Å². The molecule has 1 aliphatic heterocycles. The van der Waals surface area contributed by atoms with Crippen LogP contribution >= 0.6 is 0 Å². The zero-order chi connectivity index (χ0) is 18.7. The Kier molecular flexibility index (Phi) is 4.99. The van der Waals surface area contributed by atoms with Crippen molar-refractivity contribution in [3.8, 4) is 5.75 Å². The lowest BCUT2D eigenvalue weighted by atomic mass is 9.99. The number of hydrogen-bond donors (Lipinski definition) is 2. The number of rotatable bonds is 7. The largest absolute Gasteiger partial charge is 0.491 e. The molecule has 7 heteroatoms. The van der Waals surface area contributed by atoms with Crippen LogP contribution in [0.5, 0.6) is 5.75 Å². The molecule has 2 unspecified atom stereocenters. The van der Waals surface area contributed by atoms with Gasteiger partial charge in [0.25, 0.3) is 5.91 Å². The van der Waals surface area contributed by atoms with Crippen LogP contribution in [0, 0.1) is 0 Å². The minimum atomic E-state index is -1.27. The number of urea groups is 1. The van der Waals surface area contributed by atoms with Crippen molar-refractivity contribution in [3.05, 3.63) is 54.0 Å². The molecule has 7 nitrogen and oxygen atoms in total. The first-order valence-corrected chi connectivity index (χ1v) is 8.52. The first kappa shape index (κ1) is 18.0. The minimum Gasteiger partial charge on any atom is -0.491 e. The first-order chi connectivity index (χ1) is 12.4. The summed E-state index contributed by atoms with van der Waals surface area (Å²) in [7, 11) is 0. The Morgan fingerprint density at radius 3 is 2.62 bits per heavy atom. The number of β-amino-alcohol motifs (C(OH)–C–C–N with tert-alkyl or cyclic N) is 1. The van der Waals surface area contributed by atoms with Gasteiger partial charge < -0.3 is 19.6 Å². The minimum absolute atomic E-state index is 0.0278. The molecule has 0 radical (unpaired) electrons. The van der Waals surface area contributed by atoms with Gasteiger partial charge in [0, 0.05) is 0 Å². The van der Waals surface area contributed by atoms with E-state index in [-0.39, 0.29) is 13.2 Å². The van der Waals surface area contributed by atoms with Crippen LogP contribution in [0.1, 0.15) is 25.2 Å². The summed E-state index contributed by atoms with van der Waals surface area (Å²) in [5, 5.41) is 12.8. The molecule has 3 amide bonds. The van der Waals surface area contributed by atoms with Crippen molar-refractivity contribution in [2.45, 2.75) is 31.9 Å². The van der Waals surface area contributed by atoms with E-state index >= 15 is 0 Å². The lowest BCUT2D eigenvalue weighted by Crippen LogP contribution is -2.42. The van der Waals surface area contributed by atoms with Gasteiger partial charge in [-0.2, -0.15) is 0 Å². The lowest BCUT2D eigenvalue weighted by Gasteiger charge is -2.20. The van der Waals surface area contributed by atoms with Crippen molar-refractivity contribution in [2.24, 2.45) is 0 Å². The number of benzene rings is 1. The molecule has 138 valence electrons. The summed E-state index contributed by atoms with van der Waals surface area (Å²) in [5.74, 6) is 0.503. The van der Waals surface area contributed by atoms with Crippen molar-refractivity contribution in [2.75, 3.05) is 13.2 Å². The van der Waals surface area contributed by atoms with E-state index in [1.807, 2.05) is 24.3 Å². The molecule has 1 saturated heterocycles. The van der Waals surface area contributed by atoms with Crippen LogP contribution < -0.4 is 10.1 Å². The molecule has 2 N–H and O–H groups in total. The molecule has 2 aromatic rings. The number of nitrogens with one attached hydrogen (secondary N) is 1. The third-order valence-electron chi connectivity index (χ3n) is 4.46. The monoisotopic (exact) mass is 358 g/mol. The smallest absolute Gasteiger partial charge is 0.325 e. The van der Waals surface area contributed by atoms with Gasteiger partial charge in [-0.05, 0) is 43.2 Å². The maximum atomic E-state index is 12.6. The highest BCUT2D eigenvalue weighted by Gasteiger charge is 2.51. The molecule has 1 fully saturated rings. The molecule has 2 atom stereocenters. The summed E-state index contributed by atoms with van der Waals surface area (Å²) in [6.45, 7) is 3.45. The number of nitrogens with zero attached hydrogens (tertiary/aromatic N) is 1. The number of imide groups is 1. The molecule has 0 spiro atoms. The zero-order valence-corrected chi connectivity index (χ0v) is 14.8. The molecule has 1 aromatic heterocycles. The second kappa shape index (κ2) is 7.21. The van der Waals surface area contributed by atoms with E-state index in [0.29, 0.717) is 11.5 Å². The maximum absolute atomic E-state index is 12.6. The third-order valence-corrected chi connectivity index (χ3v) is 4.46. The summed E-state index contributed by atoms with van der Waals surface area (Å²) in [6.07, 6.45) is 1.37. The van der Waals surface area contributed by atoms with Crippen LogP contribution in [0.2, 0.25) is 0 Å². The Morgan fingerprint density at radius 1 is 1.27 bits per heavy atom. The van der Waals surface area contributed by atoms with Gasteiger partial charge in [0.1, 0.15) is 24.2 Å². The number of ether oxygens (including phenoxy) is 1. The fourth-order valence-corrected chi connectivity index (χ4v) is 2.87. The number of hydrogen-bond acceptors (Lipinski definition) is 5. The number of carbonyl (C=O) groups is 2. The summed E-state index contributed by atoms with van der Waals surface area (Å²) >= 11 is 0. The first-order valence-electron chi connectivity index (χ1n) is 8.52. The number of amides is 3. The van der Waals surface area contributed by atoms with E-state index in [9.17, 15) is 14.7 Å². The highest BCUT2D eigenvalue weighted by Crippen LogP contribution is 2.29. The van der Waals surface area contributed by atoms with E-state index in [4.69, 9.17) is 9.15 Å². The molecule has 2 heterocycles. The predicted molar refractivity (Wildman–Crippen MR) is 93.6 cm³/mol. The van der Waals surface area contributed by atoms with Crippen molar-refractivity contribution < 1.29 is 23.8 Å². The van der Waals surface area contributed by atoms with Gasteiger partial charge in [0.05, 0.1) is 12.8 Å². The van der Waals surface area contributed by atoms with Gasteiger partial charge in [-0.1, -0.05) is 19.1 Å². The Bertz CT molecular complexity index is 772. The molecular formula is C19H22N2O5. The topological polar surface area (TPSA) is 92.0 Å². The maximum Gasteiger partial charge on any atom is 0.325 e. The van der Waals surface area contributed by atoms with E-state index < -0.39 is 23.6 Å². The highest BCUT2D eigenvalue weighted by molar-refractivity contribution is 6.06. The third kappa shape index (κ3) is 3.43. The van der Waals surface area contributed by atoms with Gasteiger partial charge in [0.2, 0.25) is 0 Å². The van der Waals surface area contributed by atoms with E-state index in [1.54, 1.807) is 19.1 Å². The normalized spacial score (nSPS) is 21.0. The number of aryl methyl sites for hydroxylation is 1. The Hall–Kier alpha value is -2.80. The van der Waals surface area contributed by atoms with Crippen molar-refractivity contribution >= 4 is 11.9 Å². The summed E-state index contributed by atoms with van der Waals surface area (Å²) in [4.78, 5) is 25.8. The van der Waals surface area contributed by atoms with Crippen LogP contribution in [0.25, 0.3) is 0 Å². The van der Waals surface area contributed by atoms with Gasteiger partial charge in [-0.15, -0.1) is 0 Å². The molecule has 0 saturated carbocycles.